The first kappa shape index (κ1) is 12.8. The normalized spacial score (nSPS) is 10.2. The predicted molar refractivity (Wildman–Crippen MR) is 70.7 cm³/mol. The van der Waals surface area contributed by atoms with E-state index in [0.717, 1.165) is 5.56 Å². The number of hydrogen-bond donors (Lipinski definition) is 0. The van der Waals surface area contributed by atoms with Crippen LogP contribution in [0.2, 0.25) is 5.02 Å². The molecule has 0 bridgehead atoms. The maximum atomic E-state index is 13.0. The molecule has 0 atom stereocenters. The van der Waals surface area contributed by atoms with Crippen LogP contribution in [0.15, 0.2) is 60.7 Å². The van der Waals surface area contributed by atoms with Crippen molar-refractivity contribution in [3.63, 3.8) is 0 Å². The molecule has 2 aromatic carbocycles. The molecule has 92 valence electrons. The van der Waals surface area contributed by atoms with Crippen molar-refractivity contribution >= 4 is 17.2 Å². The second-order valence-electron chi connectivity index (χ2n) is 3.91. The van der Waals surface area contributed by atoms with Gasteiger partial charge in [0.15, 0.2) is 0 Å². The van der Waals surface area contributed by atoms with Crippen LogP contribution in [0.5, 0.6) is 0 Å². The molecule has 2 rings (SSSR count). The van der Waals surface area contributed by atoms with Gasteiger partial charge in [0.25, 0.3) is 6.08 Å². The van der Waals surface area contributed by atoms with Gasteiger partial charge in [-0.05, 0) is 23.3 Å². The third-order valence-corrected chi connectivity index (χ3v) is 2.86. The monoisotopic (exact) mass is 264 g/mol. The maximum absolute atomic E-state index is 13.0. The van der Waals surface area contributed by atoms with Crippen LogP contribution in [0.4, 0.5) is 8.78 Å². The Kier molecular flexibility index (Phi) is 4.11. The highest BCUT2D eigenvalue weighted by molar-refractivity contribution is 6.30. The molecule has 0 unspecified atom stereocenters. The summed E-state index contributed by atoms with van der Waals surface area (Å²) in [5, 5.41) is 0.555. The van der Waals surface area contributed by atoms with Gasteiger partial charge in [-0.2, -0.15) is 8.78 Å². The molecular formula is C15H11ClF2. The van der Waals surface area contributed by atoms with Crippen molar-refractivity contribution in [2.45, 2.75) is 6.42 Å². The minimum absolute atomic E-state index is 0.0397. The average Bonchev–Trinajstić information content (AvgIpc) is 2.37. The van der Waals surface area contributed by atoms with E-state index < -0.39 is 6.08 Å². The third-order valence-electron chi connectivity index (χ3n) is 2.62. The van der Waals surface area contributed by atoms with E-state index in [0.29, 0.717) is 10.6 Å². The van der Waals surface area contributed by atoms with Crippen molar-refractivity contribution in [3.05, 3.63) is 76.8 Å². The fourth-order valence-electron chi connectivity index (χ4n) is 1.77. The van der Waals surface area contributed by atoms with Crippen molar-refractivity contribution in [1.82, 2.24) is 0 Å². The smallest absolute Gasteiger partial charge is 0.173 e. The van der Waals surface area contributed by atoms with Crippen molar-refractivity contribution in [3.8, 4) is 0 Å². The standard InChI is InChI=1S/C15H11ClF2/c16-13-8-4-5-11(9-13)10-14(15(17)18)12-6-2-1-3-7-12/h1-9H,10H2. The van der Waals surface area contributed by atoms with E-state index in [2.05, 4.69) is 0 Å². The second-order valence-corrected chi connectivity index (χ2v) is 4.35. The van der Waals surface area contributed by atoms with Gasteiger partial charge in [0.2, 0.25) is 0 Å². The topological polar surface area (TPSA) is 0 Å². The lowest BCUT2D eigenvalue weighted by molar-refractivity contribution is 0.424. The van der Waals surface area contributed by atoms with Crippen LogP contribution in [0, 0.1) is 0 Å². The first-order valence-corrected chi connectivity index (χ1v) is 5.88. The van der Waals surface area contributed by atoms with Gasteiger partial charge >= 0.3 is 0 Å². The maximum Gasteiger partial charge on any atom is 0.274 e. The first-order valence-electron chi connectivity index (χ1n) is 5.51. The molecule has 0 amide bonds. The minimum atomic E-state index is -1.65. The van der Waals surface area contributed by atoms with E-state index in [1.807, 2.05) is 0 Å². The van der Waals surface area contributed by atoms with Gasteiger partial charge in [0.1, 0.15) is 0 Å². The Morgan fingerprint density at radius 1 is 0.944 bits per heavy atom. The third kappa shape index (κ3) is 3.17. The van der Waals surface area contributed by atoms with Gasteiger partial charge in [0.05, 0.1) is 0 Å². The molecule has 0 aliphatic rings. The Morgan fingerprint density at radius 3 is 2.28 bits per heavy atom. The molecule has 0 spiro atoms. The van der Waals surface area contributed by atoms with Crippen LogP contribution in [0.1, 0.15) is 11.1 Å². The Balaban J connectivity index is 2.32. The number of allylic oxidation sites excluding steroid dienone is 1. The summed E-state index contributed by atoms with van der Waals surface area (Å²) in [6.07, 6.45) is -1.48. The largest absolute Gasteiger partial charge is 0.274 e. The summed E-state index contributed by atoms with van der Waals surface area (Å²) in [6, 6.07) is 15.6. The van der Waals surface area contributed by atoms with Gasteiger partial charge in [-0.25, -0.2) is 0 Å². The fraction of sp³-hybridized carbons (Fsp3) is 0.0667. The van der Waals surface area contributed by atoms with Crippen LogP contribution in [-0.2, 0) is 6.42 Å². The first-order chi connectivity index (χ1) is 8.66. The van der Waals surface area contributed by atoms with Crippen LogP contribution in [0.3, 0.4) is 0 Å². The number of rotatable bonds is 3. The molecule has 0 radical (unpaired) electrons. The quantitative estimate of drug-likeness (QED) is 0.716. The van der Waals surface area contributed by atoms with Gasteiger partial charge in [-0.15, -0.1) is 0 Å². The summed E-state index contributed by atoms with van der Waals surface area (Å²) < 4.78 is 26.0. The van der Waals surface area contributed by atoms with Crippen molar-refractivity contribution in [1.29, 1.82) is 0 Å². The van der Waals surface area contributed by atoms with Crippen molar-refractivity contribution < 1.29 is 8.78 Å². The molecule has 0 aromatic heterocycles. The molecule has 0 heterocycles. The molecule has 0 aliphatic heterocycles. The molecule has 18 heavy (non-hydrogen) atoms. The zero-order chi connectivity index (χ0) is 13.0. The van der Waals surface area contributed by atoms with E-state index >= 15 is 0 Å². The fourth-order valence-corrected chi connectivity index (χ4v) is 1.98. The number of hydrogen-bond acceptors (Lipinski definition) is 0. The minimum Gasteiger partial charge on any atom is -0.173 e. The molecule has 0 fully saturated rings. The van der Waals surface area contributed by atoms with Crippen LogP contribution >= 0.6 is 11.6 Å². The summed E-state index contributed by atoms with van der Waals surface area (Å²) in [6.45, 7) is 0. The highest BCUT2D eigenvalue weighted by Crippen LogP contribution is 2.25. The van der Waals surface area contributed by atoms with Crippen LogP contribution in [0.25, 0.3) is 5.57 Å². The molecule has 0 nitrogen and oxygen atoms in total. The molecule has 3 heteroatoms. The molecule has 0 aliphatic carbocycles. The lowest BCUT2D eigenvalue weighted by atomic mass is 9.99. The summed E-state index contributed by atoms with van der Waals surface area (Å²) in [7, 11) is 0. The molecule has 0 N–H and O–H groups in total. The van der Waals surface area contributed by atoms with Crippen LogP contribution in [-0.4, -0.2) is 0 Å². The number of halogens is 3. The SMILES string of the molecule is FC(F)=C(Cc1cccc(Cl)c1)c1ccccc1. The van der Waals surface area contributed by atoms with E-state index in [9.17, 15) is 8.78 Å². The van der Waals surface area contributed by atoms with E-state index in [1.54, 1.807) is 54.6 Å². The van der Waals surface area contributed by atoms with Gasteiger partial charge in [-0.3, -0.25) is 0 Å². The van der Waals surface area contributed by atoms with E-state index in [4.69, 9.17) is 11.6 Å². The summed E-state index contributed by atoms with van der Waals surface area (Å²) >= 11 is 5.85. The average molecular weight is 265 g/mol. The predicted octanol–water partition coefficient (Wildman–Crippen LogP) is 5.19. The zero-order valence-electron chi connectivity index (χ0n) is 9.54. The number of benzene rings is 2. The van der Waals surface area contributed by atoms with Crippen molar-refractivity contribution in [2.24, 2.45) is 0 Å². The van der Waals surface area contributed by atoms with Gasteiger partial charge < -0.3 is 0 Å². The van der Waals surface area contributed by atoms with Crippen LogP contribution < -0.4 is 0 Å². The summed E-state index contributed by atoms with van der Waals surface area (Å²) in [4.78, 5) is 0. The second kappa shape index (κ2) is 5.78. The van der Waals surface area contributed by atoms with Gasteiger partial charge in [0, 0.05) is 17.0 Å². The molecular weight excluding hydrogens is 254 g/mol. The summed E-state index contributed by atoms with van der Waals surface area (Å²) in [5.41, 5.74) is 1.35. The molecule has 0 saturated heterocycles. The molecule has 0 saturated carbocycles. The van der Waals surface area contributed by atoms with E-state index in [-0.39, 0.29) is 12.0 Å². The highest BCUT2D eigenvalue weighted by atomic mass is 35.5. The van der Waals surface area contributed by atoms with Crippen molar-refractivity contribution in [2.75, 3.05) is 0 Å². The van der Waals surface area contributed by atoms with E-state index in [1.165, 1.54) is 0 Å². The molecule has 2 aromatic rings. The Labute approximate surface area is 110 Å². The lowest BCUT2D eigenvalue weighted by Crippen LogP contribution is -1.92. The Morgan fingerprint density at radius 2 is 1.67 bits per heavy atom. The Hall–Kier alpha value is -1.67. The zero-order valence-corrected chi connectivity index (χ0v) is 10.3. The Bertz CT molecular complexity index is 558. The highest BCUT2D eigenvalue weighted by Gasteiger charge is 2.10. The lowest BCUT2D eigenvalue weighted by Gasteiger charge is -2.07. The van der Waals surface area contributed by atoms with Gasteiger partial charge in [-0.1, -0.05) is 54.1 Å². The summed E-state index contributed by atoms with van der Waals surface area (Å²) in [5.74, 6) is 0.